The van der Waals surface area contributed by atoms with Gasteiger partial charge in [-0.25, -0.2) is 0 Å². The van der Waals surface area contributed by atoms with E-state index in [9.17, 15) is 0 Å². The summed E-state index contributed by atoms with van der Waals surface area (Å²) in [6, 6.07) is 11.7. The lowest BCUT2D eigenvalue weighted by Gasteiger charge is -2.33. The fourth-order valence-electron chi connectivity index (χ4n) is 1.79. The van der Waals surface area contributed by atoms with Crippen LogP contribution in [0.3, 0.4) is 0 Å². The van der Waals surface area contributed by atoms with Crippen molar-refractivity contribution in [3.05, 3.63) is 30.3 Å². The van der Waals surface area contributed by atoms with Crippen molar-refractivity contribution in [2.75, 3.05) is 4.90 Å². The van der Waals surface area contributed by atoms with E-state index in [4.69, 9.17) is 0 Å². The van der Waals surface area contributed by atoms with Crippen LogP contribution in [0, 0.1) is 0 Å². The maximum Gasteiger partial charge on any atom is 0.0370 e. The second-order valence-corrected chi connectivity index (χ2v) is 3.93. The predicted molar refractivity (Wildman–Crippen MR) is 59.2 cm³/mol. The molecule has 1 heteroatoms. The molecule has 1 nitrogen and oxygen atoms in total. The van der Waals surface area contributed by atoms with Crippen LogP contribution in [0.4, 0.5) is 5.69 Å². The van der Waals surface area contributed by atoms with Gasteiger partial charge < -0.3 is 4.90 Å². The molecule has 0 saturated heterocycles. The molecule has 0 aromatic heterocycles. The molecule has 1 rings (SSSR count). The number of rotatable bonds is 3. The topological polar surface area (TPSA) is 3.24 Å². The molecule has 0 unspecified atom stereocenters. The first-order chi connectivity index (χ1) is 6.13. The van der Waals surface area contributed by atoms with Gasteiger partial charge in [-0.1, -0.05) is 18.2 Å². The van der Waals surface area contributed by atoms with Crippen molar-refractivity contribution in [3.63, 3.8) is 0 Å². The van der Waals surface area contributed by atoms with E-state index in [1.54, 1.807) is 0 Å². The van der Waals surface area contributed by atoms with Gasteiger partial charge in [0, 0.05) is 17.8 Å². The number of benzene rings is 1. The Kier molecular flexibility index (Phi) is 3.35. The first kappa shape index (κ1) is 10.1. The summed E-state index contributed by atoms with van der Waals surface area (Å²) in [5.41, 5.74) is 1.31. The van der Waals surface area contributed by atoms with Crippen LogP contribution in [0.2, 0.25) is 0 Å². The molecule has 0 fully saturated rings. The van der Waals surface area contributed by atoms with Crippen LogP contribution in [-0.4, -0.2) is 12.1 Å². The SMILES string of the molecule is CC(C)N(c1ccccc1)C(C)C. The zero-order valence-electron chi connectivity index (χ0n) is 8.99. The lowest BCUT2D eigenvalue weighted by Crippen LogP contribution is -2.36. The van der Waals surface area contributed by atoms with E-state index in [-0.39, 0.29) is 0 Å². The van der Waals surface area contributed by atoms with Gasteiger partial charge in [0.1, 0.15) is 0 Å². The van der Waals surface area contributed by atoms with Crippen molar-refractivity contribution in [3.8, 4) is 0 Å². The van der Waals surface area contributed by atoms with Gasteiger partial charge >= 0.3 is 0 Å². The highest BCUT2D eigenvalue weighted by molar-refractivity contribution is 5.47. The molecular weight excluding hydrogens is 158 g/mol. The number of nitrogens with zero attached hydrogens (tertiary/aromatic N) is 1. The Labute approximate surface area is 81.4 Å². The summed E-state index contributed by atoms with van der Waals surface area (Å²) in [5, 5.41) is 0. The van der Waals surface area contributed by atoms with Gasteiger partial charge in [-0.3, -0.25) is 0 Å². The highest BCUT2D eigenvalue weighted by Gasteiger charge is 2.12. The molecule has 13 heavy (non-hydrogen) atoms. The minimum Gasteiger partial charge on any atom is -0.367 e. The average molecular weight is 177 g/mol. The maximum absolute atomic E-state index is 2.42. The second-order valence-electron chi connectivity index (χ2n) is 3.93. The normalized spacial score (nSPS) is 10.9. The molecule has 72 valence electrons. The van der Waals surface area contributed by atoms with E-state index in [2.05, 4.69) is 62.9 Å². The van der Waals surface area contributed by atoms with Gasteiger partial charge in [0.05, 0.1) is 0 Å². The van der Waals surface area contributed by atoms with Gasteiger partial charge in [0.25, 0.3) is 0 Å². The Morgan fingerprint density at radius 1 is 0.846 bits per heavy atom. The molecule has 1 aromatic carbocycles. The summed E-state index contributed by atoms with van der Waals surface area (Å²) in [5.74, 6) is 0. The van der Waals surface area contributed by atoms with Crippen molar-refractivity contribution in [1.82, 2.24) is 0 Å². The summed E-state index contributed by atoms with van der Waals surface area (Å²) >= 11 is 0. The number of hydrogen-bond donors (Lipinski definition) is 0. The number of hydrogen-bond acceptors (Lipinski definition) is 1. The van der Waals surface area contributed by atoms with E-state index in [0.717, 1.165) is 0 Å². The van der Waals surface area contributed by atoms with Gasteiger partial charge in [0.15, 0.2) is 0 Å². The summed E-state index contributed by atoms with van der Waals surface area (Å²) in [7, 11) is 0. The third-order valence-corrected chi connectivity index (χ3v) is 2.17. The van der Waals surface area contributed by atoms with Crippen LogP contribution in [0.5, 0.6) is 0 Å². The lowest BCUT2D eigenvalue weighted by molar-refractivity contribution is 0.608. The largest absolute Gasteiger partial charge is 0.367 e. The van der Waals surface area contributed by atoms with Crippen LogP contribution in [0.15, 0.2) is 30.3 Å². The molecule has 0 radical (unpaired) electrons. The Balaban J connectivity index is 2.89. The van der Waals surface area contributed by atoms with E-state index < -0.39 is 0 Å². The molecular formula is C12H19N. The maximum atomic E-state index is 2.42. The van der Waals surface area contributed by atoms with E-state index in [1.165, 1.54) is 5.69 Å². The van der Waals surface area contributed by atoms with Gasteiger partial charge in [0.2, 0.25) is 0 Å². The summed E-state index contributed by atoms with van der Waals surface area (Å²) < 4.78 is 0. The van der Waals surface area contributed by atoms with E-state index in [1.807, 2.05) is 0 Å². The van der Waals surface area contributed by atoms with Crippen LogP contribution in [0.1, 0.15) is 27.7 Å². The predicted octanol–water partition coefficient (Wildman–Crippen LogP) is 3.31. The van der Waals surface area contributed by atoms with Crippen LogP contribution in [0.25, 0.3) is 0 Å². The highest BCUT2D eigenvalue weighted by atomic mass is 15.2. The minimum atomic E-state index is 0.558. The summed E-state index contributed by atoms with van der Waals surface area (Å²) in [6.45, 7) is 8.92. The number of para-hydroxylation sites is 1. The molecule has 0 atom stereocenters. The zero-order valence-corrected chi connectivity index (χ0v) is 8.99. The molecule has 0 saturated carbocycles. The van der Waals surface area contributed by atoms with Crippen molar-refractivity contribution in [2.24, 2.45) is 0 Å². The fourth-order valence-corrected chi connectivity index (χ4v) is 1.79. The molecule has 0 bridgehead atoms. The average Bonchev–Trinajstić information content (AvgIpc) is 2.04. The van der Waals surface area contributed by atoms with E-state index in [0.29, 0.717) is 12.1 Å². The monoisotopic (exact) mass is 177 g/mol. The summed E-state index contributed by atoms with van der Waals surface area (Å²) in [4.78, 5) is 2.42. The Bertz CT molecular complexity index is 231. The van der Waals surface area contributed by atoms with Gasteiger partial charge in [-0.2, -0.15) is 0 Å². The smallest absolute Gasteiger partial charge is 0.0370 e. The molecule has 0 N–H and O–H groups in total. The van der Waals surface area contributed by atoms with Crippen LogP contribution in [-0.2, 0) is 0 Å². The Morgan fingerprint density at radius 2 is 1.31 bits per heavy atom. The fraction of sp³-hybridized carbons (Fsp3) is 0.500. The van der Waals surface area contributed by atoms with Gasteiger partial charge in [-0.15, -0.1) is 0 Å². The first-order valence-corrected chi connectivity index (χ1v) is 4.96. The molecule has 0 aliphatic heterocycles. The van der Waals surface area contributed by atoms with Crippen molar-refractivity contribution in [2.45, 2.75) is 39.8 Å². The summed E-state index contributed by atoms with van der Waals surface area (Å²) in [6.07, 6.45) is 0. The molecule has 0 aliphatic rings. The van der Waals surface area contributed by atoms with E-state index >= 15 is 0 Å². The van der Waals surface area contributed by atoms with Crippen molar-refractivity contribution >= 4 is 5.69 Å². The third kappa shape index (κ3) is 2.48. The standard InChI is InChI=1S/C12H19N/c1-10(2)13(11(3)4)12-8-6-5-7-9-12/h5-11H,1-4H3. The second kappa shape index (κ2) is 4.31. The molecule has 0 heterocycles. The molecule has 1 aromatic rings. The Hall–Kier alpha value is -0.980. The quantitative estimate of drug-likeness (QED) is 0.684. The highest BCUT2D eigenvalue weighted by Crippen LogP contribution is 2.18. The van der Waals surface area contributed by atoms with Crippen LogP contribution >= 0.6 is 0 Å². The third-order valence-electron chi connectivity index (χ3n) is 2.17. The molecule has 0 aliphatic carbocycles. The van der Waals surface area contributed by atoms with Crippen molar-refractivity contribution < 1.29 is 0 Å². The number of anilines is 1. The van der Waals surface area contributed by atoms with Crippen LogP contribution < -0.4 is 4.90 Å². The zero-order chi connectivity index (χ0) is 9.84. The van der Waals surface area contributed by atoms with Crippen molar-refractivity contribution in [1.29, 1.82) is 0 Å². The Morgan fingerprint density at radius 3 is 1.69 bits per heavy atom. The molecule has 0 amide bonds. The lowest BCUT2D eigenvalue weighted by atomic mass is 10.2. The minimum absolute atomic E-state index is 0.558. The molecule has 0 spiro atoms. The van der Waals surface area contributed by atoms with Gasteiger partial charge in [-0.05, 0) is 39.8 Å². The first-order valence-electron chi connectivity index (χ1n) is 4.96.